The van der Waals surface area contributed by atoms with E-state index < -0.39 is 0 Å². The minimum absolute atomic E-state index is 0.589. The van der Waals surface area contributed by atoms with Crippen LogP contribution >= 0.6 is 0 Å². The summed E-state index contributed by atoms with van der Waals surface area (Å²) in [6, 6.07) is 9.45. The third-order valence-corrected chi connectivity index (χ3v) is 3.90. The van der Waals surface area contributed by atoms with Crippen molar-refractivity contribution in [3.05, 3.63) is 29.8 Å². The van der Waals surface area contributed by atoms with E-state index in [0.29, 0.717) is 6.04 Å². The maximum Gasteiger partial charge on any atom is 0.0411 e. The molecular weight excluding hydrogens is 232 g/mol. The molecule has 0 amide bonds. The standard InChI is InChI=1S/C17H28N2/c1-14(2)12-15(3)18-13-16-8-4-5-9-17(16)19-10-6-7-11-19/h4-5,8-9,14-15,18H,6-7,10-13H2,1-3H3. The third kappa shape index (κ3) is 4.24. The molecule has 0 radical (unpaired) electrons. The van der Waals surface area contributed by atoms with Gasteiger partial charge in [-0.25, -0.2) is 0 Å². The molecular formula is C17H28N2. The number of anilines is 1. The summed E-state index contributed by atoms with van der Waals surface area (Å²) < 4.78 is 0. The van der Waals surface area contributed by atoms with Crippen molar-refractivity contribution in [2.45, 2.75) is 52.6 Å². The molecule has 0 spiro atoms. The zero-order valence-corrected chi connectivity index (χ0v) is 12.7. The Bertz CT molecular complexity index is 381. The Morgan fingerprint density at radius 1 is 1.11 bits per heavy atom. The lowest BCUT2D eigenvalue weighted by Gasteiger charge is -2.23. The number of para-hydroxylation sites is 1. The molecule has 1 atom stereocenters. The summed E-state index contributed by atoms with van der Waals surface area (Å²) >= 11 is 0. The van der Waals surface area contributed by atoms with Crippen molar-refractivity contribution in [3.8, 4) is 0 Å². The smallest absolute Gasteiger partial charge is 0.0411 e. The SMILES string of the molecule is CC(C)CC(C)NCc1ccccc1N1CCCC1. The van der Waals surface area contributed by atoms with Crippen LogP contribution in [0.4, 0.5) is 5.69 Å². The fraction of sp³-hybridized carbons (Fsp3) is 0.647. The van der Waals surface area contributed by atoms with Gasteiger partial charge in [0.05, 0.1) is 0 Å². The van der Waals surface area contributed by atoms with Crippen molar-refractivity contribution in [2.24, 2.45) is 5.92 Å². The van der Waals surface area contributed by atoms with E-state index in [1.807, 2.05) is 0 Å². The summed E-state index contributed by atoms with van der Waals surface area (Å²) in [5, 5.41) is 3.67. The van der Waals surface area contributed by atoms with Crippen molar-refractivity contribution in [1.82, 2.24) is 5.32 Å². The lowest BCUT2D eigenvalue weighted by molar-refractivity contribution is 0.441. The van der Waals surface area contributed by atoms with Gasteiger partial charge in [-0.3, -0.25) is 0 Å². The van der Waals surface area contributed by atoms with Crippen molar-refractivity contribution < 1.29 is 0 Å². The fourth-order valence-electron chi connectivity index (χ4n) is 3.00. The molecule has 106 valence electrons. The molecule has 0 bridgehead atoms. The maximum absolute atomic E-state index is 3.67. The molecule has 2 heteroatoms. The highest BCUT2D eigenvalue weighted by molar-refractivity contribution is 5.54. The van der Waals surface area contributed by atoms with Gasteiger partial charge in [0.2, 0.25) is 0 Å². The van der Waals surface area contributed by atoms with Gasteiger partial charge in [0.1, 0.15) is 0 Å². The summed E-state index contributed by atoms with van der Waals surface area (Å²) in [6.07, 6.45) is 3.92. The average molecular weight is 260 g/mol. The molecule has 0 saturated carbocycles. The zero-order valence-electron chi connectivity index (χ0n) is 12.7. The summed E-state index contributed by atoms with van der Waals surface area (Å²) in [4.78, 5) is 2.53. The minimum Gasteiger partial charge on any atom is -0.371 e. The fourth-order valence-corrected chi connectivity index (χ4v) is 3.00. The molecule has 1 unspecified atom stereocenters. The number of hydrogen-bond acceptors (Lipinski definition) is 2. The van der Waals surface area contributed by atoms with Crippen molar-refractivity contribution in [1.29, 1.82) is 0 Å². The van der Waals surface area contributed by atoms with Gasteiger partial charge in [0.15, 0.2) is 0 Å². The number of benzene rings is 1. The van der Waals surface area contributed by atoms with Gasteiger partial charge < -0.3 is 10.2 Å². The van der Waals surface area contributed by atoms with Gasteiger partial charge in [-0.1, -0.05) is 32.0 Å². The topological polar surface area (TPSA) is 15.3 Å². The summed E-state index contributed by atoms with van der Waals surface area (Å²) in [6.45, 7) is 10.3. The first-order valence-corrected chi connectivity index (χ1v) is 7.73. The second kappa shape index (κ2) is 6.95. The molecule has 1 heterocycles. The van der Waals surface area contributed by atoms with Crippen LogP contribution in [0.25, 0.3) is 0 Å². The molecule has 1 aliphatic rings. The molecule has 1 N–H and O–H groups in total. The maximum atomic E-state index is 3.67. The van der Waals surface area contributed by atoms with Crippen LogP contribution in [0, 0.1) is 5.92 Å². The Labute approximate surface area is 118 Å². The van der Waals surface area contributed by atoms with Gasteiger partial charge >= 0.3 is 0 Å². The largest absolute Gasteiger partial charge is 0.371 e. The van der Waals surface area contributed by atoms with Gasteiger partial charge in [0, 0.05) is 31.4 Å². The van der Waals surface area contributed by atoms with Crippen molar-refractivity contribution in [2.75, 3.05) is 18.0 Å². The summed E-state index contributed by atoms with van der Waals surface area (Å²) in [5.41, 5.74) is 2.88. The Morgan fingerprint density at radius 3 is 2.47 bits per heavy atom. The zero-order chi connectivity index (χ0) is 13.7. The van der Waals surface area contributed by atoms with Crippen LogP contribution in [-0.2, 0) is 6.54 Å². The van der Waals surface area contributed by atoms with E-state index in [-0.39, 0.29) is 0 Å². The van der Waals surface area contributed by atoms with Gasteiger partial charge in [-0.2, -0.15) is 0 Å². The first-order chi connectivity index (χ1) is 9.16. The Hall–Kier alpha value is -1.02. The highest BCUT2D eigenvalue weighted by Gasteiger charge is 2.15. The van der Waals surface area contributed by atoms with Gasteiger partial charge in [-0.15, -0.1) is 0 Å². The molecule has 1 aromatic rings. The molecule has 1 fully saturated rings. The second-order valence-electron chi connectivity index (χ2n) is 6.23. The van der Waals surface area contributed by atoms with Crippen LogP contribution in [0.5, 0.6) is 0 Å². The predicted molar refractivity (Wildman–Crippen MR) is 83.6 cm³/mol. The monoisotopic (exact) mass is 260 g/mol. The second-order valence-corrected chi connectivity index (χ2v) is 6.23. The van der Waals surface area contributed by atoms with Crippen LogP contribution in [-0.4, -0.2) is 19.1 Å². The number of nitrogens with zero attached hydrogens (tertiary/aromatic N) is 1. The van der Waals surface area contributed by atoms with Crippen LogP contribution in [0.15, 0.2) is 24.3 Å². The van der Waals surface area contributed by atoms with E-state index in [9.17, 15) is 0 Å². The molecule has 19 heavy (non-hydrogen) atoms. The number of nitrogens with one attached hydrogen (secondary N) is 1. The summed E-state index contributed by atoms with van der Waals surface area (Å²) in [5.74, 6) is 0.760. The number of rotatable bonds is 6. The quantitative estimate of drug-likeness (QED) is 0.836. The third-order valence-electron chi connectivity index (χ3n) is 3.90. The molecule has 1 aromatic carbocycles. The van der Waals surface area contributed by atoms with E-state index in [1.165, 1.54) is 43.6 Å². The Balaban J connectivity index is 1.95. The molecule has 1 aliphatic heterocycles. The van der Waals surface area contributed by atoms with E-state index >= 15 is 0 Å². The van der Waals surface area contributed by atoms with E-state index in [1.54, 1.807) is 0 Å². The summed E-state index contributed by atoms with van der Waals surface area (Å²) in [7, 11) is 0. The van der Waals surface area contributed by atoms with Crippen LogP contribution < -0.4 is 10.2 Å². The highest BCUT2D eigenvalue weighted by Crippen LogP contribution is 2.24. The first kappa shape index (κ1) is 14.4. The number of hydrogen-bond donors (Lipinski definition) is 1. The van der Waals surface area contributed by atoms with Crippen LogP contribution in [0.3, 0.4) is 0 Å². The van der Waals surface area contributed by atoms with Crippen LogP contribution in [0.1, 0.15) is 45.6 Å². The average Bonchev–Trinajstić information content (AvgIpc) is 2.89. The molecule has 0 aromatic heterocycles. The van der Waals surface area contributed by atoms with Crippen LogP contribution in [0.2, 0.25) is 0 Å². The lowest BCUT2D eigenvalue weighted by atomic mass is 10.0. The predicted octanol–water partition coefficient (Wildman–Crippen LogP) is 3.81. The van der Waals surface area contributed by atoms with Crippen molar-refractivity contribution in [3.63, 3.8) is 0 Å². The minimum atomic E-state index is 0.589. The lowest BCUT2D eigenvalue weighted by Crippen LogP contribution is -2.28. The molecule has 1 saturated heterocycles. The van der Waals surface area contributed by atoms with Gasteiger partial charge in [-0.05, 0) is 43.7 Å². The van der Waals surface area contributed by atoms with E-state index in [2.05, 4.69) is 55.3 Å². The molecule has 0 aliphatic carbocycles. The van der Waals surface area contributed by atoms with E-state index in [4.69, 9.17) is 0 Å². The van der Waals surface area contributed by atoms with Gasteiger partial charge in [0.25, 0.3) is 0 Å². The first-order valence-electron chi connectivity index (χ1n) is 7.73. The Kier molecular flexibility index (Phi) is 5.26. The molecule has 2 nitrogen and oxygen atoms in total. The Morgan fingerprint density at radius 2 is 1.79 bits per heavy atom. The molecule has 2 rings (SSSR count). The normalized spacial score (nSPS) is 17.2. The highest BCUT2D eigenvalue weighted by atomic mass is 15.1. The van der Waals surface area contributed by atoms with Crippen molar-refractivity contribution >= 4 is 5.69 Å². The van der Waals surface area contributed by atoms with E-state index in [0.717, 1.165) is 12.5 Å².